The molecule has 1 aromatic carbocycles. The zero-order chi connectivity index (χ0) is 37.6. The maximum absolute atomic E-state index is 14.5. The van der Waals surface area contributed by atoms with Crippen molar-refractivity contribution < 1.29 is 37.4 Å². The number of sulfonamides is 1. The first kappa shape index (κ1) is 38.7. The summed E-state index contributed by atoms with van der Waals surface area (Å²) in [5.74, 6) is -2.73. The second-order valence-corrected chi connectivity index (χ2v) is 18.8. The van der Waals surface area contributed by atoms with Crippen molar-refractivity contribution in [3.8, 4) is 0 Å². The number of nitrogens with one attached hydrogen (secondary N) is 3. The summed E-state index contributed by atoms with van der Waals surface area (Å²) in [7, 11) is -3.91. The zero-order valence-electron chi connectivity index (χ0n) is 30.8. The normalized spacial score (nSPS) is 27.6. The largest absolute Gasteiger partial charge is 0.444 e. The number of piperidine rings is 1. The summed E-state index contributed by atoms with van der Waals surface area (Å²) < 4.78 is 33.0. The van der Waals surface area contributed by atoms with Crippen LogP contribution in [0.4, 0.5) is 4.79 Å². The van der Waals surface area contributed by atoms with Crippen molar-refractivity contribution in [2.45, 2.75) is 127 Å². The molecule has 5 atom stereocenters. The van der Waals surface area contributed by atoms with E-state index in [4.69, 9.17) is 4.74 Å². The predicted molar refractivity (Wildman–Crippen MR) is 191 cm³/mol. The summed E-state index contributed by atoms with van der Waals surface area (Å²) in [6.07, 6.45) is 4.98. The summed E-state index contributed by atoms with van der Waals surface area (Å²) >= 11 is 0. The highest BCUT2D eigenvalue weighted by atomic mass is 32.2. The molecule has 14 heteroatoms. The molecule has 4 N–H and O–H groups in total. The fraction of sp³-hybridized carbons (Fsp3) is 0.676. The van der Waals surface area contributed by atoms with Gasteiger partial charge in [-0.3, -0.25) is 24.0 Å². The van der Waals surface area contributed by atoms with Crippen molar-refractivity contribution in [3.05, 3.63) is 48.0 Å². The molecule has 1 aromatic rings. The topological polar surface area (TPSA) is 174 Å². The average Bonchev–Trinajstić information content (AvgIpc) is 3.96. The Labute approximate surface area is 302 Å². The van der Waals surface area contributed by atoms with Crippen LogP contribution in [-0.2, 0) is 41.3 Å². The van der Waals surface area contributed by atoms with Crippen molar-refractivity contribution in [3.63, 3.8) is 0 Å². The summed E-state index contributed by atoms with van der Waals surface area (Å²) in [6.45, 7) is 16.6. The van der Waals surface area contributed by atoms with E-state index < -0.39 is 79.2 Å². The molecule has 13 nitrogen and oxygen atoms in total. The number of ether oxygens (including phenoxy) is 1. The van der Waals surface area contributed by atoms with Crippen LogP contribution >= 0.6 is 0 Å². The van der Waals surface area contributed by atoms with Crippen LogP contribution in [0.5, 0.6) is 0 Å². The molecular weight excluding hydrogens is 675 g/mol. The van der Waals surface area contributed by atoms with Crippen LogP contribution in [0.25, 0.3) is 0 Å². The van der Waals surface area contributed by atoms with E-state index in [9.17, 15) is 32.7 Å². The number of hydrogen-bond acceptors (Lipinski definition) is 9. The van der Waals surface area contributed by atoms with Crippen LogP contribution in [0.2, 0.25) is 0 Å². The first-order valence-electron chi connectivity index (χ1n) is 18.0. The lowest BCUT2D eigenvalue weighted by molar-refractivity contribution is -0.143. The van der Waals surface area contributed by atoms with Crippen LogP contribution in [-0.4, -0.2) is 95.2 Å². The van der Waals surface area contributed by atoms with Crippen LogP contribution in [0.15, 0.2) is 36.9 Å². The van der Waals surface area contributed by atoms with Crippen LogP contribution in [0.1, 0.15) is 97.6 Å². The fourth-order valence-corrected chi connectivity index (χ4v) is 8.52. The van der Waals surface area contributed by atoms with Crippen LogP contribution in [0, 0.1) is 11.3 Å². The Morgan fingerprint density at radius 1 is 1.06 bits per heavy atom. The minimum atomic E-state index is -3.91. The molecule has 0 bridgehead atoms. The number of alkyl carbamates (subject to hydrolysis) is 1. The second kappa shape index (κ2) is 14.1. The van der Waals surface area contributed by atoms with E-state index in [0.717, 1.165) is 31.5 Å². The SMILES string of the molecule is C=C[C@@H]1C[C@]1(NC(=O)[C@@H]1C[C@@](O)(c2cccc(CN3CCCCC3)c2)CN1C(=O)[C@@H](NC(=O)OC(C)(C)C)C(C)(C)C)C(=O)NS(=O)(=O)C1CC1. The fourth-order valence-electron chi connectivity index (χ4n) is 7.16. The summed E-state index contributed by atoms with van der Waals surface area (Å²) in [5, 5.41) is 17.1. The molecule has 2 aliphatic carbocycles. The van der Waals surface area contributed by atoms with E-state index in [0.29, 0.717) is 24.9 Å². The Morgan fingerprint density at radius 3 is 2.29 bits per heavy atom. The Balaban J connectivity index is 1.46. The van der Waals surface area contributed by atoms with Gasteiger partial charge < -0.3 is 25.4 Å². The van der Waals surface area contributed by atoms with Crippen molar-refractivity contribution in [2.75, 3.05) is 19.6 Å². The molecule has 0 radical (unpaired) electrons. The Bertz CT molecular complexity index is 1640. The number of amides is 4. The van der Waals surface area contributed by atoms with Crippen LogP contribution < -0.4 is 15.4 Å². The number of carbonyl (C=O) groups is 4. The van der Waals surface area contributed by atoms with Crippen molar-refractivity contribution in [2.24, 2.45) is 11.3 Å². The van der Waals surface area contributed by atoms with Gasteiger partial charge in [0.05, 0.1) is 11.8 Å². The van der Waals surface area contributed by atoms with Crippen LogP contribution in [0.3, 0.4) is 0 Å². The molecule has 2 saturated heterocycles. The molecule has 4 aliphatic rings. The maximum atomic E-state index is 14.5. The number of β-amino-alcohol motifs (C(OH)–C–C–N with tert-alkyl or cyclic N) is 1. The van der Waals surface area contributed by atoms with Gasteiger partial charge in [0.15, 0.2) is 0 Å². The van der Waals surface area contributed by atoms with Gasteiger partial charge in [-0.15, -0.1) is 6.58 Å². The Kier molecular flexibility index (Phi) is 10.7. The smallest absolute Gasteiger partial charge is 0.408 e. The minimum absolute atomic E-state index is 0.128. The number of likely N-dealkylation sites (tertiary alicyclic amines) is 2. The molecule has 5 rings (SSSR count). The number of benzene rings is 1. The van der Waals surface area contributed by atoms with Gasteiger partial charge in [0.1, 0.15) is 28.8 Å². The van der Waals surface area contributed by atoms with E-state index in [1.807, 2.05) is 18.2 Å². The lowest BCUT2D eigenvalue weighted by Crippen LogP contribution is -2.60. The van der Waals surface area contributed by atoms with Gasteiger partial charge in [-0.2, -0.15) is 0 Å². The number of nitrogens with zero attached hydrogens (tertiary/aromatic N) is 2. The standard InChI is InChI=1S/C37H55N5O8S/c1-8-25-20-37(25,32(45)40-51(48,49)27-15-16-27)39-30(43)28-21-36(47,26-14-12-13-24(19-26)22-41-17-10-9-11-18-41)23-42(28)31(44)29(34(2,3)4)38-33(46)50-35(5,6)7/h8,12-14,19,25,27-29,47H,1,9-11,15-18,20-23H2,2-7H3,(H,38,46)(H,39,43)(H,40,45)/t25-,28+,29-,36+,37-/m1/s1. The van der Waals surface area contributed by atoms with E-state index in [1.165, 1.54) is 17.4 Å². The zero-order valence-corrected chi connectivity index (χ0v) is 31.6. The van der Waals surface area contributed by atoms with E-state index in [1.54, 1.807) is 47.6 Å². The van der Waals surface area contributed by atoms with Crippen molar-refractivity contribution in [1.82, 2.24) is 25.2 Å². The van der Waals surface area contributed by atoms with Gasteiger partial charge in [0, 0.05) is 18.9 Å². The Morgan fingerprint density at radius 2 is 1.73 bits per heavy atom. The number of aliphatic hydroxyl groups is 1. The molecule has 282 valence electrons. The lowest BCUT2D eigenvalue weighted by atomic mass is 9.85. The number of rotatable bonds is 11. The quantitative estimate of drug-likeness (QED) is 0.250. The van der Waals surface area contributed by atoms with Gasteiger partial charge in [0.25, 0.3) is 5.91 Å². The van der Waals surface area contributed by atoms with Gasteiger partial charge in [-0.05, 0) is 82.5 Å². The molecule has 0 aromatic heterocycles. The summed E-state index contributed by atoms with van der Waals surface area (Å²) in [6, 6.07) is 5.10. The van der Waals surface area contributed by atoms with Gasteiger partial charge in [0.2, 0.25) is 21.8 Å². The summed E-state index contributed by atoms with van der Waals surface area (Å²) in [4.78, 5) is 59.0. The molecule has 0 unspecified atom stereocenters. The third-order valence-corrected chi connectivity index (χ3v) is 12.1. The second-order valence-electron chi connectivity index (χ2n) is 16.9. The van der Waals surface area contributed by atoms with Gasteiger partial charge in [-0.25, -0.2) is 13.2 Å². The molecule has 4 amide bonds. The predicted octanol–water partition coefficient (Wildman–Crippen LogP) is 3.07. The highest BCUT2D eigenvalue weighted by Gasteiger charge is 2.62. The van der Waals surface area contributed by atoms with E-state index in [2.05, 4.69) is 26.8 Å². The highest BCUT2D eigenvalue weighted by molar-refractivity contribution is 7.91. The number of carbonyl (C=O) groups excluding carboxylic acids is 4. The number of hydrogen-bond donors (Lipinski definition) is 4. The monoisotopic (exact) mass is 729 g/mol. The molecular formula is C37H55N5O8S. The van der Waals surface area contributed by atoms with Crippen molar-refractivity contribution in [1.29, 1.82) is 0 Å². The molecule has 2 saturated carbocycles. The maximum Gasteiger partial charge on any atom is 0.408 e. The van der Waals surface area contributed by atoms with Gasteiger partial charge in [-0.1, -0.05) is 57.5 Å². The van der Waals surface area contributed by atoms with E-state index >= 15 is 0 Å². The Hall–Kier alpha value is -3.49. The minimum Gasteiger partial charge on any atom is -0.444 e. The third kappa shape index (κ3) is 8.94. The average molecular weight is 730 g/mol. The molecule has 4 fully saturated rings. The molecule has 2 aliphatic heterocycles. The first-order chi connectivity index (χ1) is 23.7. The van der Waals surface area contributed by atoms with Gasteiger partial charge >= 0.3 is 6.09 Å². The molecule has 51 heavy (non-hydrogen) atoms. The lowest BCUT2D eigenvalue weighted by Gasteiger charge is -2.36. The third-order valence-electron chi connectivity index (χ3n) is 10.3. The highest BCUT2D eigenvalue weighted by Crippen LogP contribution is 2.46. The molecule has 2 heterocycles. The first-order valence-corrected chi connectivity index (χ1v) is 19.6. The molecule has 0 spiro atoms. The van der Waals surface area contributed by atoms with Crippen molar-refractivity contribution >= 4 is 33.8 Å². The summed E-state index contributed by atoms with van der Waals surface area (Å²) in [5.41, 5.74) is -3.38. The van der Waals surface area contributed by atoms with E-state index in [-0.39, 0.29) is 19.4 Å².